The lowest BCUT2D eigenvalue weighted by Crippen LogP contribution is -2.48. The summed E-state index contributed by atoms with van der Waals surface area (Å²) in [5.41, 5.74) is 1.12. The molecule has 2 heterocycles. The number of ether oxygens (including phenoxy) is 1. The van der Waals surface area contributed by atoms with Gasteiger partial charge in [0.05, 0.1) is 13.2 Å². The standard InChI is InChI=1S/C19H30N4O2/c24-19(21-18-4-2-1-3-5-18)23(16-17-6-8-20-9-7-17)11-10-22-12-14-25-15-13-22/h6-9,18H,1-5,10-16H2,(H,21,24). The molecular formula is C19H30N4O2. The molecule has 3 rings (SSSR count). The minimum Gasteiger partial charge on any atom is -0.379 e. The summed E-state index contributed by atoms with van der Waals surface area (Å²) >= 11 is 0. The van der Waals surface area contributed by atoms with Gasteiger partial charge in [0.2, 0.25) is 0 Å². The van der Waals surface area contributed by atoms with E-state index in [9.17, 15) is 4.79 Å². The average molecular weight is 346 g/mol. The van der Waals surface area contributed by atoms with E-state index < -0.39 is 0 Å². The lowest BCUT2D eigenvalue weighted by atomic mass is 9.96. The van der Waals surface area contributed by atoms with Gasteiger partial charge in [0.25, 0.3) is 0 Å². The summed E-state index contributed by atoms with van der Waals surface area (Å²) in [5.74, 6) is 0. The second kappa shape index (κ2) is 9.73. The fourth-order valence-electron chi connectivity index (χ4n) is 3.56. The highest BCUT2D eigenvalue weighted by Crippen LogP contribution is 2.18. The van der Waals surface area contributed by atoms with Crippen molar-refractivity contribution in [1.29, 1.82) is 0 Å². The Kier molecular flexibility index (Phi) is 7.06. The highest BCUT2D eigenvalue weighted by Gasteiger charge is 2.21. The van der Waals surface area contributed by atoms with Gasteiger partial charge in [0, 0.05) is 51.2 Å². The van der Waals surface area contributed by atoms with Crippen molar-refractivity contribution < 1.29 is 9.53 Å². The highest BCUT2D eigenvalue weighted by molar-refractivity contribution is 5.74. The zero-order chi connectivity index (χ0) is 17.3. The molecule has 6 nitrogen and oxygen atoms in total. The van der Waals surface area contributed by atoms with Crippen molar-refractivity contribution >= 4 is 6.03 Å². The van der Waals surface area contributed by atoms with E-state index in [-0.39, 0.29) is 6.03 Å². The Morgan fingerprint density at radius 1 is 1.20 bits per heavy atom. The topological polar surface area (TPSA) is 57.7 Å². The van der Waals surface area contributed by atoms with E-state index >= 15 is 0 Å². The fraction of sp³-hybridized carbons (Fsp3) is 0.684. The van der Waals surface area contributed by atoms with E-state index in [0.29, 0.717) is 12.6 Å². The second-order valence-corrected chi connectivity index (χ2v) is 7.02. The lowest BCUT2D eigenvalue weighted by molar-refractivity contribution is 0.0345. The number of nitrogens with zero attached hydrogens (tertiary/aromatic N) is 3. The maximum atomic E-state index is 12.8. The summed E-state index contributed by atoms with van der Waals surface area (Å²) in [7, 11) is 0. The maximum Gasteiger partial charge on any atom is 0.317 e. The first kappa shape index (κ1) is 18.1. The van der Waals surface area contributed by atoms with Gasteiger partial charge < -0.3 is 15.0 Å². The Balaban J connectivity index is 1.57. The quantitative estimate of drug-likeness (QED) is 0.858. The molecule has 1 aliphatic carbocycles. The van der Waals surface area contributed by atoms with Crippen LogP contribution in [0.2, 0.25) is 0 Å². The van der Waals surface area contributed by atoms with Gasteiger partial charge in [-0.25, -0.2) is 4.79 Å². The highest BCUT2D eigenvalue weighted by atomic mass is 16.5. The molecule has 1 saturated carbocycles. The number of carbonyl (C=O) groups excluding carboxylic acids is 1. The van der Waals surface area contributed by atoms with Crippen LogP contribution in [0.25, 0.3) is 0 Å². The molecule has 2 amide bonds. The molecule has 2 fully saturated rings. The van der Waals surface area contributed by atoms with Gasteiger partial charge in [-0.3, -0.25) is 9.88 Å². The molecule has 0 aromatic carbocycles. The third kappa shape index (κ3) is 5.97. The van der Waals surface area contributed by atoms with Crippen LogP contribution in [0.5, 0.6) is 0 Å². The Bertz CT molecular complexity index is 513. The molecule has 0 unspecified atom stereocenters. The van der Waals surface area contributed by atoms with Crippen LogP contribution < -0.4 is 5.32 Å². The average Bonchev–Trinajstić information content (AvgIpc) is 2.67. The number of amides is 2. The van der Waals surface area contributed by atoms with Crippen molar-refractivity contribution in [3.8, 4) is 0 Å². The molecule has 1 aliphatic heterocycles. The van der Waals surface area contributed by atoms with Crippen LogP contribution in [0.3, 0.4) is 0 Å². The molecule has 1 N–H and O–H groups in total. The Hall–Kier alpha value is -1.66. The Labute approximate surface area is 150 Å². The SMILES string of the molecule is O=C(NC1CCCCC1)N(CCN1CCOCC1)Cc1ccncc1. The van der Waals surface area contributed by atoms with Crippen LogP contribution in [-0.2, 0) is 11.3 Å². The Morgan fingerprint density at radius 2 is 1.92 bits per heavy atom. The van der Waals surface area contributed by atoms with E-state index in [1.807, 2.05) is 17.0 Å². The van der Waals surface area contributed by atoms with Crippen molar-refractivity contribution in [3.05, 3.63) is 30.1 Å². The number of pyridine rings is 1. The van der Waals surface area contributed by atoms with E-state index in [1.54, 1.807) is 12.4 Å². The number of morpholine rings is 1. The van der Waals surface area contributed by atoms with Crippen LogP contribution in [0, 0.1) is 0 Å². The number of carbonyl (C=O) groups is 1. The first-order valence-corrected chi connectivity index (χ1v) is 9.56. The fourth-order valence-corrected chi connectivity index (χ4v) is 3.56. The van der Waals surface area contributed by atoms with Crippen LogP contribution in [0.1, 0.15) is 37.7 Å². The zero-order valence-corrected chi connectivity index (χ0v) is 15.0. The molecule has 6 heteroatoms. The molecule has 0 atom stereocenters. The van der Waals surface area contributed by atoms with Gasteiger partial charge >= 0.3 is 6.03 Å². The predicted octanol–water partition coefficient (Wildman–Crippen LogP) is 2.26. The Morgan fingerprint density at radius 3 is 2.64 bits per heavy atom. The van der Waals surface area contributed by atoms with Crippen molar-refractivity contribution in [2.75, 3.05) is 39.4 Å². The van der Waals surface area contributed by atoms with Crippen molar-refractivity contribution in [2.45, 2.75) is 44.7 Å². The molecule has 25 heavy (non-hydrogen) atoms. The van der Waals surface area contributed by atoms with Crippen LogP contribution >= 0.6 is 0 Å². The maximum absolute atomic E-state index is 12.8. The first-order valence-electron chi connectivity index (χ1n) is 9.56. The number of nitrogens with one attached hydrogen (secondary N) is 1. The minimum atomic E-state index is 0.0666. The summed E-state index contributed by atoms with van der Waals surface area (Å²) in [6.07, 6.45) is 9.54. The molecule has 0 spiro atoms. The molecule has 1 aromatic rings. The smallest absolute Gasteiger partial charge is 0.317 e. The lowest BCUT2D eigenvalue weighted by Gasteiger charge is -2.32. The molecular weight excluding hydrogens is 316 g/mol. The van der Waals surface area contributed by atoms with E-state index in [4.69, 9.17) is 4.74 Å². The van der Waals surface area contributed by atoms with E-state index in [0.717, 1.165) is 57.8 Å². The van der Waals surface area contributed by atoms with Gasteiger partial charge in [-0.15, -0.1) is 0 Å². The molecule has 0 radical (unpaired) electrons. The molecule has 2 aliphatic rings. The number of hydrogen-bond donors (Lipinski definition) is 1. The van der Waals surface area contributed by atoms with E-state index in [1.165, 1.54) is 19.3 Å². The monoisotopic (exact) mass is 346 g/mol. The predicted molar refractivity (Wildman–Crippen MR) is 97.3 cm³/mol. The van der Waals surface area contributed by atoms with Gasteiger partial charge in [-0.2, -0.15) is 0 Å². The summed E-state index contributed by atoms with van der Waals surface area (Å²) < 4.78 is 5.41. The largest absolute Gasteiger partial charge is 0.379 e. The number of urea groups is 1. The summed E-state index contributed by atoms with van der Waals surface area (Å²) in [5, 5.41) is 3.26. The number of rotatable bonds is 6. The number of hydrogen-bond acceptors (Lipinski definition) is 4. The van der Waals surface area contributed by atoms with Gasteiger partial charge in [0.1, 0.15) is 0 Å². The minimum absolute atomic E-state index is 0.0666. The van der Waals surface area contributed by atoms with Crippen molar-refractivity contribution in [1.82, 2.24) is 20.1 Å². The van der Waals surface area contributed by atoms with Crippen molar-refractivity contribution in [2.24, 2.45) is 0 Å². The third-order valence-corrected chi connectivity index (χ3v) is 5.13. The van der Waals surface area contributed by atoms with Crippen molar-refractivity contribution in [3.63, 3.8) is 0 Å². The van der Waals surface area contributed by atoms with Crippen LogP contribution in [0.15, 0.2) is 24.5 Å². The summed E-state index contributed by atoms with van der Waals surface area (Å²) in [6.45, 7) is 5.75. The second-order valence-electron chi connectivity index (χ2n) is 7.02. The zero-order valence-electron chi connectivity index (χ0n) is 15.0. The molecule has 138 valence electrons. The van der Waals surface area contributed by atoms with E-state index in [2.05, 4.69) is 15.2 Å². The van der Waals surface area contributed by atoms with Gasteiger partial charge in [-0.05, 0) is 30.5 Å². The normalized spacial score (nSPS) is 19.5. The molecule has 1 saturated heterocycles. The molecule has 0 bridgehead atoms. The first-order chi connectivity index (χ1) is 12.3. The van der Waals surface area contributed by atoms with Crippen LogP contribution in [-0.4, -0.2) is 66.2 Å². The van der Waals surface area contributed by atoms with Gasteiger partial charge in [-0.1, -0.05) is 19.3 Å². The van der Waals surface area contributed by atoms with Gasteiger partial charge in [0.15, 0.2) is 0 Å². The molecule has 1 aromatic heterocycles. The summed E-state index contributed by atoms with van der Waals surface area (Å²) in [4.78, 5) is 21.2. The number of aromatic nitrogens is 1. The summed E-state index contributed by atoms with van der Waals surface area (Å²) in [6, 6.07) is 4.37. The van der Waals surface area contributed by atoms with Crippen LogP contribution in [0.4, 0.5) is 4.79 Å². The third-order valence-electron chi connectivity index (χ3n) is 5.13.